The molecule has 0 bridgehead atoms. The van der Waals surface area contributed by atoms with Crippen LogP contribution in [-0.2, 0) is 9.59 Å². The summed E-state index contributed by atoms with van der Waals surface area (Å²) in [6.07, 6.45) is 14.2. The number of nitrogens with one attached hydrogen (secondary N) is 1. The van der Waals surface area contributed by atoms with Crippen molar-refractivity contribution in [3.63, 3.8) is 0 Å². The molecule has 1 saturated heterocycles. The molecule has 1 heterocycles. The molecule has 0 aromatic heterocycles. The van der Waals surface area contributed by atoms with Gasteiger partial charge in [-0.05, 0) is 44.4 Å². The molecule has 1 aliphatic heterocycles. The first kappa shape index (κ1) is 21.6. The van der Waals surface area contributed by atoms with Crippen molar-refractivity contribution < 1.29 is 19.8 Å². The molecule has 2 aliphatic carbocycles. The average molecular weight is 400 g/mol. The highest BCUT2D eigenvalue weighted by Crippen LogP contribution is 2.56. The van der Waals surface area contributed by atoms with E-state index in [1.807, 2.05) is 38.2 Å². The topological polar surface area (TPSA) is 86.6 Å². The van der Waals surface area contributed by atoms with Gasteiger partial charge in [0, 0.05) is 11.3 Å². The van der Waals surface area contributed by atoms with Crippen LogP contribution >= 0.6 is 0 Å². The molecule has 7 atom stereocenters. The monoisotopic (exact) mass is 399 g/mol. The van der Waals surface area contributed by atoms with Crippen molar-refractivity contribution in [3.05, 3.63) is 47.8 Å². The lowest BCUT2D eigenvalue weighted by atomic mass is 9.54. The summed E-state index contributed by atoms with van der Waals surface area (Å²) < 4.78 is 0. The predicted octanol–water partition coefficient (Wildman–Crippen LogP) is 3.62. The largest absolute Gasteiger partial charge is 0.511 e. The van der Waals surface area contributed by atoms with Gasteiger partial charge < -0.3 is 15.5 Å². The van der Waals surface area contributed by atoms with E-state index < -0.39 is 29.3 Å². The van der Waals surface area contributed by atoms with Gasteiger partial charge >= 0.3 is 0 Å². The molecule has 158 valence electrons. The van der Waals surface area contributed by atoms with Crippen molar-refractivity contribution >= 4 is 11.7 Å². The molecule has 2 fully saturated rings. The molecule has 0 aromatic rings. The third-order valence-corrected chi connectivity index (χ3v) is 7.08. The van der Waals surface area contributed by atoms with E-state index in [-0.39, 0.29) is 23.2 Å². The van der Waals surface area contributed by atoms with E-state index in [1.165, 1.54) is 6.92 Å². The maximum Gasteiger partial charge on any atom is 0.259 e. The number of rotatable bonds is 4. The molecule has 29 heavy (non-hydrogen) atoms. The van der Waals surface area contributed by atoms with E-state index in [4.69, 9.17) is 0 Å². The summed E-state index contributed by atoms with van der Waals surface area (Å²) in [4.78, 5) is 25.5. The molecule has 3 rings (SSSR count). The Morgan fingerprint density at radius 2 is 2.00 bits per heavy atom. The summed E-state index contributed by atoms with van der Waals surface area (Å²) in [5.74, 6) is -0.306. The normalized spacial score (nSPS) is 40.4. The van der Waals surface area contributed by atoms with Crippen molar-refractivity contribution in [3.8, 4) is 0 Å². The first-order valence-electron chi connectivity index (χ1n) is 10.7. The average Bonchev–Trinajstić information content (AvgIpc) is 2.97. The van der Waals surface area contributed by atoms with Crippen LogP contribution in [0.2, 0.25) is 0 Å². The predicted molar refractivity (Wildman–Crippen MR) is 113 cm³/mol. The van der Waals surface area contributed by atoms with Crippen LogP contribution in [0.15, 0.2) is 47.8 Å². The Morgan fingerprint density at radius 1 is 1.28 bits per heavy atom. The van der Waals surface area contributed by atoms with E-state index in [9.17, 15) is 19.8 Å². The number of hydrogen-bond donors (Lipinski definition) is 3. The molecule has 1 saturated carbocycles. The van der Waals surface area contributed by atoms with Crippen LogP contribution in [-0.4, -0.2) is 34.0 Å². The van der Waals surface area contributed by atoms with Gasteiger partial charge in [-0.3, -0.25) is 9.59 Å². The Morgan fingerprint density at radius 3 is 2.62 bits per heavy atom. The van der Waals surface area contributed by atoms with Gasteiger partial charge in [0.1, 0.15) is 17.4 Å². The third-order valence-electron chi connectivity index (χ3n) is 7.08. The smallest absolute Gasteiger partial charge is 0.259 e. The number of hydrogen-bond acceptors (Lipinski definition) is 4. The number of fused-ring (bicyclic) bond motifs is 1. The van der Waals surface area contributed by atoms with Crippen LogP contribution in [0.25, 0.3) is 0 Å². The number of Topliss-reactive ketones (excluding diaryl/α,β-unsaturated/α-hetero) is 1. The number of aliphatic hydroxyl groups excluding tert-OH is 2. The number of aliphatic hydroxyl groups is 2. The van der Waals surface area contributed by atoms with Crippen molar-refractivity contribution in [1.82, 2.24) is 5.32 Å². The van der Waals surface area contributed by atoms with E-state index in [2.05, 4.69) is 24.4 Å². The standard InChI is InChI=1S/C24H33NO4/c1-5-6-7-8-17-11-10-16-13-14(2)9-12-18(16)24(17,4)22(28)19-21(27)20(15(3)26)25-23(19)29/h5-8,10-11,14-18,20,26,28H,9,12-13H2,1-4H3,(H,25,29)/b6-5+,8-7-,22-19?/t14-,15+,16+,17+,18-,20+,24+/m1/s1. The van der Waals surface area contributed by atoms with Gasteiger partial charge in [-0.15, -0.1) is 0 Å². The summed E-state index contributed by atoms with van der Waals surface area (Å²) in [6.45, 7) is 7.64. The van der Waals surface area contributed by atoms with Crippen LogP contribution in [0.3, 0.4) is 0 Å². The first-order chi connectivity index (χ1) is 13.7. The molecule has 3 aliphatic rings. The number of carbonyl (C=O) groups excluding carboxylic acids is 2. The number of ketones is 1. The van der Waals surface area contributed by atoms with Gasteiger partial charge in [0.2, 0.25) is 0 Å². The van der Waals surface area contributed by atoms with Crippen LogP contribution in [0.4, 0.5) is 0 Å². The van der Waals surface area contributed by atoms with Gasteiger partial charge in [0.15, 0.2) is 5.78 Å². The molecular weight excluding hydrogens is 366 g/mol. The highest BCUT2D eigenvalue weighted by atomic mass is 16.3. The minimum atomic E-state index is -1.01. The fourth-order valence-corrected chi connectivity index (χ4v) is 5.36. The number of carbonyl (C=O) groups is 2. The zero-order valence-electron chi connectivity index (χ0n) is 17.8. The van der Waals surface area contributed by atoms with Crippen molar-refractivity contribution in [2.45, 2.75) is 59.1 Å². The lowest BCUT2D eigenvalue weighted by Crippen LogP contribution is -2.45. The quantitative estimate of drug-likeness (QED) is 0.222. The van der Waals surface area contributed by atoms with Gasteiger partial charge in [-0.25, -0.2) is 0 Å². The van der Waals surface area contributed by atoms with Gasteiger partial charge in [0.05, 0.1) is 6.10 Å². The highest BCUT2D eigenvalue weighted by Gasteiger charge is 2.53. The van der Waals surface area contributed by atoms with E-state index in [0.717, 1.165) is 19.3 Å². The molecule has 0 unspecified atom stereocenters. The Bertz CT molecular complexity index is 791. The Labute approximate surface area is 173 Å². The molecule has 0 spiro atoms. The Hall–Kier alpha value is -2.14. The molecule has 1 amide bonds. The maximum atomic E-state index is 12.9. The van der Waals surface area contributed by atoms with Crippen molar-refractivity contribution in [2.75, 3.05) is 0 Å². The molecule has 5 nitrogen and oxygen atoms in total. The minimum absolute atomic E-state index is 0.132. The van der Waals surface area contributed by atoms with E-state index in [1.54, 1.807) is 0 Å². The van der Waals surface area contributed by atoms with Crippen LogP contribution in [0.1, 0.15) is 47.0 Å². The molecule has 0 aromatic carbocycles. The van der Waals surface area contributed by atoms with Crippen LogP contribution in [0, 0.1) is 29.1 Å². The molecule has 5 heteroatoms. The second-order valence-corrected chi connectivity index (χ2v) is 9.07. The molecular formula is C24H33NO4. The van der Waals surface area contributed by atoms with E-state index >= 15 is 0 Å². The van der Waals surface area contributed by atoms with Crippen LogP contribution < -0.4 is 5.32 Å². The Balaban J connectivity index is 2.11. The zero-order chi connectivity index (χ0) is 21.3. The van der Waals surface area contributed by atoms with Crippen LogP contribution in [0.5, 0.6) is 0 Å². The summed E-state index contributed by atoms with van der Waals surface area (Å²) in [6, 6.07) is -0.999. The minimum Gasteiger partial charge on any atom is -0.511 e. The van der Waals surface area contributed by atoms with Crippen molar-refractivity contribution in [2.24, 2.45) is 29.1 Å². The first-order valence-corrected chi connectivity index (χ1v) is 10.7. The second-order valence-electron chi connectivity index (χ2n) is 9.07. The SMILES string of the molecule is C/C=C/C=C\[C@H]1C=C[C@H]2C[C@H](C)CC[C@H]2[C@@]1(C)C(O)=C1C(=O)N[C@@H]([C@H](C)O)C1=O. The highest BCUT2D eigenvalue weighted by molar-refractivity contribution is 6.27. The molecule has 0 radical (unpaired) electrons. The third kappa shape index (κ3) is 3.73. The zero-order valence-corrected chi connectivity index (χ0v) is 17.8. The maximum absolute atomic E-state index is 12.9. The molecule has 3 N–H and O–H groups in total. The lowest BCUT2D eigenvalue weighted by Gasteiger charge is -2.50. The Kier molecular flexibility index (Phi) is 6.18. The lowest BCUT2D eigenvalue weighted by molar-refractivity contribution is -0.118. The number of amides is 1. The van der Waals surface area contributed by atoms with E-state index in [0.29, 0.717) is 11.8 Å². The van der Waals surface area contributed by atoms with Gasteiger partial charge in [-0.2, -0.15) is 0 Å². The summed E-state index contributed by atoms with van der Waals surface area (Å²) in [7, 11) is 0. The summed E-state index contributed by atoms with van der Waals surface area (Å²) in [5.41, 5.74) is -0.941. The van der Waals surface area contributed by atoms with Crippen molar-refractivity contribution in [1.29, 1.82) is 0 Å². The van der Waals surface area contributed by atoms with Gasteiger partial charge in [0.25, 0.3) is 5.91 Å². The fraction of sp³-hybridized carbons (Fsp3) is 0.583. The summed E-state index contributed by atoms with van der Waals surface area (Å²) in [5, 5.41) is 23.8. The summed E-state index contributed by atoms with van der Waals surface area (Å²) >= 11 is 0. The second kappa shape index (κ2) is 8.31. The number of allylic oxidation sites excluding steroid dienone is 7. The van der Waals surface area contributed by atoms with Gasteiger partial charge in [-0.1, -0.05) is 56.7 Å². The fourth-order valence-electron chi connectivity index (χ4n) is 5.36.